The Morgan fingerprint density at radius 2 is 2.16 bits per heavy atom. The molecular weight excluding hydrogens is 232 g/mol. The summed E-state index contributed by atoms with van der Waals surface area (Å²) in [6.45, 7) is 2.13. The Balaban J connectivity index is 1.83. The lowest BCUT2D eigenvalue weighted by Crippen LogP contribution is -2.45. The summed E-state index contributed by atoms with van der Waals surface area (Å²) in [4.78, 5) is 2.52. The Labute approximate surface area is 115 Å². The number of allylic oxidation sites excluding steroid dienone is 2. The summed E-state index contributed by atoms with van der Waals surface area (Å²) in [7, 11) is 2.07. The monoisotopic (exact) mass is 254 g/mol. The maximum atomic E-state index is 3.43. The lowest BCUT2D eigenvalue weighted by Gasteiger charge is -2.36. The summed E-state index contributed by atoms with van der Waals surface area (Å²) in [5.74, 6) is 0. The lowest BCUT2D eigenvalue weighted by atomic mass is 9.97. The van der Waals surface area contributed by atoms with Gasteiger partial charge in [-0.15, -0.1) is 0 Å². The van der Waals surface area contributed by atoms with Crippen LogP contribution in [0.15, 0.2) is 48.1 Å². The molecule has 0 amide bonds. The van der Waals surface area contributed by atoms with Crippen molar-refractivity contribution in [2.45, 2.75) is 25.3 Å². The van der Waals surface area contributed by atoms with Gasteiger partial charge >= 0.3 is 0 Å². The second-order valence-electron chi connectivity index (χ2n) is 5.46. The van der Waals surface area contributed by atoms with E-state index in [1.54, 1.807) is 0 Å². The van der Waals surface area contributed by atoms with Crippen molar-refractivity contribution >= 4 is 5.69 Å². The number of nitrogens with one attached hydrogen (secondary N) is 1. The largest absolute Gasteiger partial charge is 0.365 e. The van der Waals surface area contributed by atoms with Crippen LogP contribution in [0.5, 0.6) is 0 Å². The number of benzene rings is 1. The first-order chi connectivity index (χ1) is 9.36. The molecule has 0 saturated heterocycles. The Morgan fingerprint density at radius 1 is 1.26 bits per heavy atom. The fourth-order valence-electron chi connectivity index (χ4n) is 3.03. The third-order valence-corrected chi connectivity index (χ3v) is 4.09. The molecule has 1 atom stereocenters. The number of nitrogens with zero attached hydrogens (tertiary/aromatic N) is 1. The minimum atomic E-state index is 0.558. The minimum absolute atomic E-state index is 0.558. The average molecular weight is 254 g/mol. The fourth-order valence-corrected chi connectivity index (χ4v) is 3.03. The highest BCUT2D eigenvalue weighted by Gasteiger charge is 2.23. The number of hydrogen-bond donors (Lipinski definition) is 1. The molecule has 2 heteroatoms. The van der Waals surface area contributed by atoms with Crippen molar-refractivity contribution in [1.29, 1.82) is 0 Å². The number of hydrogen-bond acceptors (Lipinski definition) is 2. The van der Waals surface area contributed by atoms with Crippen LogP contribution in [0.3, 0.4) is 0 Å². The van der Waals surface area contributed by atoms with Gasteiger partial charge in [-0.3, -0.25) is 0 Å². The van der Waals surface area contributed by atoms with Crippen LogP contribution < -0.4 is 10.2 Å². The van der Waals surface area contributed by atoms with Crippen LogP contribution in [-0.2, 0) is 6.42 Å². The van der Waals surface area contributed by atoms with Crippen LogP contribution in [-0.4, -0.2) is 26.2 Å². The number of anilines is 1. The molecule has 19 heavy (non-hydrogen) atoms. The summed E-state index contributed by atoms with van der Waals surface area (Å²) in [5, 5.41) is 3.43. The number of likely N-dealkylation sites (N-methyl/N-ethyl adjacent to an activating group) is 1. The van der Waals surface area contributed by atoms with Crippen molar-refractivity contribution in [2.24, 2.45) is 0 Å². The molecule has 2 nitrogen and oxygen atoms in total. The van der Waals surface area contributed by atoms with Gasteiger partial charge in [0.15, 0.2) is 0 Å². The molecular formula is C17H22N2. The SMILES string of the molecule is CNC1Cc2ccccc2N(CC2=CCCC=C2)C1. The van der Waals surface area contributed by atoms with Crippen LogP contribution in [0.1, 0.15) is 18.4 Å². The summed E-state index contributed by atoms with van der Waals surface area (Å²) in [5.41, 5.74) is 4.33. The number of rotatable bonds is 3. The smallest absolute Gasteiger partial charge is 0.0426 e. The lowest BCUT2D eigenvalue weighted by molar-refractivity contribution is 0.529. The van der Waals surface area contributed by atoms with Gasteiger partial charge in [0.2, 0.25) is 0 Å². The van der Waals surface area contributed by atoms with E-state index in [1.807, 2.05) is 0 Å². The van der Waals surface area contributed by atoms with Crippen molar-refractivity contribution in [3.63, 3.8) is 0 Å². The molecule has 1 aliphatic heterocycles. The van der Waals surface area contributed by atoms with Crippen LogP contribution >= 0.6 is 0 Å². The van der Waals surface area contributed by atoms with Gasteiger partial charge in [-0.25, -0.2) is 0 Å². The normalized spacial score (nSPS) is 22.1. The van der Waals surface area contributed by atoms with E-state index in [-0.39, 0.29) is 0 Å². The molecule has 0 bridgehead atoms. The summed E-state index contributed by atoms with van der Waals surface area (Å²) in [6, 6.07) is 9.37. The van der Waals surface area contributed by atoms with E-state index in [0.717, 1.165) is 19.5 Å². The zero-order valence-electron chi connectivity index (χ0n) is 11.6. The quantitative estimate of drug-likeness (QED) is 0.892. The van der Waals surface area contributed by atoms with Crippen LogP contribution in [0.25, 0.3) is 0 Å². The molecule has 0 radical (unpaired) electrons. The van der Waals surface area contributed by atoms with E-state index in [1.165, 1.54) is 29.7 Å². The highest BCUT2D eigenvalue weighted by atomic mass is 15.2. The molecule has 100 valence electrons. The van der Waals surface area contributed by atoms with Gasteiger partial charge in [0.1, 0.15) is 0 Å². The second kappa shape index (κ2) is 5.62. The van der Waals surface area contributed by atoms with E-state index in [4.69, 9.17) is 0 Å². The van der Waals surface area contributed by atoms with E-state index in [9.17, 15) is 0 Å². The molecule has 0 fully saturated rings. The average Bonchev–Trinajstić information content (AvgIpc) is 2.48. The topological polar surface area (TPSA) is 15.3 Å². The van der Waals surface area contributed by atoms with Gasteiger partial charge in [-0.2, -0.15) is 0 Å². The highest BCUT2D eigenvalue weighted by Crippen LogP contribution is 2.28. The Morgan fingerprint density at radius 3 is 2.95 bits per heavy atom. The predicted molar refractivity (Wildman–Crippen MR) is 81.7 cm³/mol. The predicted octanol–water partition coefficient (Wildman–Crippen LogP) is 2.91. The summed E-state index contributed by atoms with van der Waals surface area (Å²) in [6.07, 6.45) is 10.5. The summed E-state index contributed by atoms with van der Waals surface area (Å²) < 4.78 is 0. The van der Waals surface area contributed by atoms with Crippen LogP contribution in [0.4, 0.5) is 5.69 Å². The molecule has 3 rings (SSSR count). The molecule has 1 N–H and O–H groups in total. The van der Waals surface area contributed by atoms with E-state index in [2.05, 4.69) is 59.8 Å². The molecule has 0 saturated carbocycles. The Kier molecular flexibility index (Phi) is 3.69. The maximum Gasteiger partial charge on any atom is 0.0426 e. The minimum Gasteiger partial charge on any atom is -0.365 e. The van der Waals surface area contributed by atoms with Crippen LogP contribution in [0.2, 0.25) is 0 Å². The van der Waals surface area contributed by atoms with Gasteiger partial charge < -0.3 is 10.2 Å². The number of fused-ring (bicyclic) bond motifs is 1. The molecule has 1 heterocycles. The second-order valence-corrected chi connectivity index (χ2v) is 5.46. The third-order valence-electron chi connectivity index (χ3n) is 4.09. The molecule has 1 aromatic rings. The molecule has 0 spiro atoms. The van der Waals surface area contributed by atoms with Gasteiger partial charge in [-0.1, -0.05) is 36.4 Å². The first-order valence-electron chi connectivity index (χ1n) is 7.22. The molecule has 1 aliphatic carbocycles. The Hall–Kier alpha value is -1.54. The van der Waals surface area contributed by atoms with Crippen molar-refractivity contribution in [1.82, 2.24) is 5.32 Å². The van der Waals surface area contributed by atoms with Crippen molar-refractivity contribution < 1.29 is 0 Å². The molecule has 2 aliphatic rings. The van der Waals surface area contributed by atoms with Gasteiger partial charge in [-0.05, 0) is 43.5 Å². The van der Waals surface area contributed by atoms with Gasteiger partial charge in [0, 0.05) is 24.8 Å². The first kappa shape index (κ1) is 12.5. The summed E-state index contributed by atoms with van der Waals surface area (Å²) >= 11 is 0. The molecule has 1 aromatic carbocycles. The Bertz CT molecular complexity index is 502. The third kappa shape index (κ3) is 2.74. The zero-order valence-corrected chi connectivity index (χ0v) is 11.6. The van der Waals surface area contributed by atoms with Crippen molar-refractivity contribution in [2.75, 3.05) is 25.0 Å². The zero-order chi connectivity index (χ0) is 13.1. The standard InChI is InChI=1S/C17H22N2/c1-18-16-11-15-9-5-6-10-17(15)19(13-16)12-14-7-3-2-4-8-14/h3,5-10,16,18H,2,4,11-13H2,1H3. The highest BCUT2D eigenvalue weighted by molar-refractivity contribution is 5.57. The maximum absolute atomic E-state index is 3.43. The molecule has 0 aromatic heterocycles. The molecule has 1 unspecified atom stereocenters. The fraction of sp³-hybridized carbons (Fsp3) is 0.412. The van der Waals surface area contributed by atoms with Crippen LogP contribution in [0, 0.1) is 0 Å². The first-order valence-corrected chi connectivity index (χ1v) is 7.22. The van der Waals surface area contributed by atoms with Crippen molar-refractivity contribution in [3.8, 4) is 0 Å². The van der Waals surface area contributed by atoms with Gasteiger partial charge in [0.25, 0.3) is 0 Å². The number of para-hydroxylation sites is 1. The van der Waals surface area contributed by atoms with E-state index >= 15 is 0 Å². The van der Waals surface area contributed by atoms with E-state index in [0.29, 0.717) is 6.04 Å². The van der Waals surface area contributed by atoms with E-state index < -0.39 is 0 Å². The van der Waals surface area contributed by atoms with Gasteiger partial charge in [0.05, 0.1) is 0 Å². The van der Waals surface area contributed by atoms with Crippen molar-refractivity contribution in [3.05, 3.63) is 53.6 Å².